The van der Waals surface area contributed by atoms with Crippen molar-refractivity contribution in [3.63, 3.8) is 0 Å². The Labute approximate surface area is 119 Å². The van der Waals surface area contributed by atoms with E-state index < -0.39 is 6.10 Å². The number of aryl methyl sites for hydroxylation is 1. The molecule has 0 saturated heterocycles. The fourth-order valence-corrected chi connectivity index (χ4v) is 1.98. The Bertz CT molecular complexity index is 549. The zero-order chi connectivity index (χ0) is 14.4. The Morgan fingerprint density at radius 3 is 2.35 bits per heavy atom. The van der Waals surface area contributed by atoms with Crippen molar-refractivity contribution in [1.82, 2.24) is 5.32 Å². The molecule has 2 aromatic carbocycles. The first-order valence-electron chi connectivity index (χ1n) is 6.81. The summed E-state index contributed by atoms with van der Waals surface area (Å²) in [4.78, 5) is 12.0. The summed E-state index contributed by atoms with van der Waals surface area (Å²) in [7, 11) is 0. The van der Waals surface area contributed by atoms with Gasteiger partial charge in [0.25, 0.3) is 5.91 Å². The molecule has 0 aliphatic rings. The maximum absolute atomic E-state index is 12.0. The van der Waals surface area contributed by atoms with E-state index in [0.717, 1.165) is 12.0 Å². The van der Waals surface area contributed by atoms with Crippen LogP contribution in [0.1, 0.15) is 34.5 Å². The Balaban J connectivity index is 1.91. The molecule has 0 heterocycles. The molecular formula is C17H19NO2. The number of aliphatic hydroxyl groups excluding tert-OH is 1. The minimum absolute atomic E-state index is 0.164. The van der Waals surface area contributed by atoms with Gasteiger partial charge in [-0.3, -0.25) is 4.79 Å². The molecule has 1 atom stereocenters. The van der Waals surface area contributed by atoms with Gasteiger partial charge in [-0.05, 0) is 29.7 Å². The molecule has 104 valence electrons. The number of hydrogen-bond acceptors (Lipinski definition) is 2. The summed E-state index contributed by atoms with van der Waals surface area (Å²) < 4.78 is 0. The molecule has 0 bridgehead atoms. The van der Waals surface area contributed by atoms with E-state index in [0.29, 0.717) is 5.56 Å². The number of amides is 1. The summed E-state index contributed by atoms with van der Waals surface area (Å²) in [5.74, 6) is -0.164. The van der Waals surface area contributed by atoms with Gasteiger partial charge in [0.05, 0.1) is 6.10 Å². The molecule has 0 spiro atoms. The van der Waals surface area contributed by atoms with Crippen LogP contribution in [0.4, 0.5) is 0 Å². The molecule has 0 saturated carbocycles. The van der Waals surface area contributed by atoms with E-state index in [9.17, 15) is 9.90 Å². The molecule has 2 rings (SSSR count). The standard InChI is InChI=1S/C17H19NO2/c1-2-13-8-10-15(11-9-13)17(20)18-12-16(19)14-6-4-3-5-7-14/h3-11,16,19H,2,12H2,1H3,(H,18,20)/t16-/m1/s1. The van der Waals surface area contributed by atoms with Gasteiger partial charge < -0.3 is 10.4 Å². The predicted octanol–water partition coefficient (Wildman–Crippen LogP) is 2.71. The van der Waals surface area contributed by atoms with Crippen LogP contribution >= 0.6 is 0 Å². The Morgan fingerprint density at radius 2 is 1.75 bits per heavy atom. The van der Waals surface area contributed by atoms with Crippen molar-refractivity contribution < 1.29 is 9.90 Å². The number of nitrogens with one attached hydrogen (secondary N) is 1. The van der Waals surface area contributed by atoms with E-state index >= 15 is 0 Å². The minimum atomic E-state index is -0.685. The summed E-state index contributed by atoms with van der Waals surface area (Å²) in [6.07, 6.45) is 0.268. The highest BCUT2D eigenvalue weighted by molar-refractivity contribution is 5.94. The molecule has 2 aromatic rings. The topological polar surface area (TPSA) is 49.3 Å². The molecule has 0 unspecified atom stereocenters. The van der Waals surface area contributed by atoms with E-state index in [1.807, 2.05) is 54.6 Å². The second kappa shape index (κ2) is 6.87. The highest BCUT2D eigenvalue weighted by Crippen LogP contribution is 2.11. The summed E-state index contributed by atoms with van der Waals surface area (Å²) in [5, 5.41) is 12.7. The fourth-order valence-electron chi connectivity index (χ4n) is 1.98. The van der Waals surface area contributed by atoms with E-state index in [1.165, 1.54) is 5.56 Å². The average molecular weight is 269 g/mol. The number of rotatable bonds is 5. The van der Waals surface area contributed by atoms with Crippen molar-refractivity contribution >= 4 is 5.91 Å². The van der Waals surface area contributed by atoms with Gasteiger partial charge >= 0.3 is 0 Å². The van der Waals surface area contributed by atoms with Gasteiger partial charge in [-0.25, -0.2) is 0 Å². The van der Waals surface area contributed by atoms with Gasteiger partial charge in [-0.2, -0.15) is 0 Å². The van der Waals surface area contributed by atoms with Crippen LogP contribution in [0.3, 0.4) is 0 Å². The van der Waals surface area contributed by atoms with Gasteiger partial charge in [0.15, 0.2) is 0 Å². The van der Waals surface area contributed by atoms with E-state index in [1.54, 1.807) is 0 Å². The quantitative estimate of drug-likeness (QED) is 0.876. The van der Waals surface area contributed by atoms with Crippen LogP contribution in [0.5, 0.6) is 0 Å². The maximum atomic E-state index is 12.0. The summed E-state index contributed by atoms with van der Waals surface area (Å²) in [6.45, 7) is 2.28. The third kappa shape index (κ3) is 3.68. The smallest absolute Gasteiger partial charge is 0.251 e. The lowest BCUT2D eigenvalue weighted by Gasteiger charge is -2.12. The van der Waals surface area contributed by atoms with Crippen LogP contribution in [0.15, 0.2) is 54.6 Å². The Kier molecular flexibility index (Phi) is 4.91. The lowest BCUT2D eigenvalue weighted by Crippen LogP contribution is -2.28. The van der Waals surface area contributed by atoms with Gasteiger partial charge in [0.2, 0.25) is 0 Å². The van der Waals surface area contributed by atoms with Crippen molar-refractivity contribution in [2.75, 3.05) is 6.54 Å². The lowest BCUT2D eigenvalue weighted by molar-refractivity contribution is 0.0916. The number of carbonyl (C=O) groups excluding carboxylic acids is 1. The summed E-state index contributed by atoms with van der Waals surface area (Å²) in [5.41, 5.74) is 2.61. The highest BCUT2D eigenvalue weighted by atomic mass is 16.3. The van der Waals surface area contributed by atoms with Crippen LogP contribution in [-0.2, 0) is 6.42 Å². The summed E-state index contributed by atoms with van der Waals surface area (Å²) in [6, 6.07) is 16.8. The largest absolute Gasteiger partial charge is 0.387 e. The average Bonchev–Trinajstić information content (AvgIpc) is 2.53. The predicted molar refractivity (Wildman–Crippen MR) is 79.6 cm³/mol. The van der Waals surface area contributed by atoms with Crippen LogP contribution in [-0.4, -0.2) is 17.6 Å². The molecular weight excluding hydrogens is 250 g/mol. The Hall–Kier alpha value is -2.13. The SMILES string of the molecule is CCc1ccc(C(=O)NC[C@@H](O)c2ccccc2)cc1. The third-order valence-electron chi connectivity index (χ3n) is 3.26. The van der Waals surface area contributed by atoms with Crippen molar-refractivity contribution in [1.29, 1.82) is 0 Å². The molecule has 0 aliphatic heterocycles. The highest BCUT2D eigenvalue weighted by Gasteiger charge is 2.10. The molecule has 3 heteroatoms. The molecule has 20 heavy (non-hydrogen) atoms. The van der Waals surface area contributed by atoms with Crippen LogP contribution in [0, 0.1) is 0 Å². The summed E-state index contributed by atoms with van der Waals surface area (Å²) >= 11 is 0. The second-order valence-corrected chi connectivity index (χ2v) is 4.69. The van der Waals surface area contributed by atoms with Crippen LogP contribution in [0.2, 0.25) is 0 Å². The second-order valence-electron chi connectivity index (χ2n) is 4.69. The van der Waals surface area contributed by atoms with Gasteiger partial charge in [0, 0.05) is 12.1 Å². The van der Waals surface area contributed by atoms with Gasteiger partial charge in [-0.15, -0.1) is 0 Å². The third-order valence-corrected chi connectivity index (χ3v) is 3.26. The molecule has 0 aliphatic carbocycles. The molecule has 0 fully saturated rings. The zero-order valence-corrected chi connectivity index (χ0v) is 11.5. The molecule has 2 N–H and O–H groups in total. The number of carbonyl (C=O) groups is 1. The van der Waals surface area contributed by atoms with Gasteiger partial charge in [0.1, 0.15) is 0 Å². The van der Waals surface area contributed by atoms with Crippen molar-refractivity contribution in [3.8, 4) is 0 Å². The molecule has 0 radical (unpaired) electrons. The first-order chi connectivity index (χ1) is 9.70. The monoisotopic (exact) mass is 269 g/mol. The number of benzene rings is 2. The molecule has 1 amide bonds. The lowest BCUT2D eigenvalue weighted by atomic mass is 10.1. The zero-order valence-electron chi connectivity index (χ0n) is 11.5. The van der Waals surface area contributed by atoms with E-state index in [2.05, 4.69) is 12.2 Å². The van der Waals surface area contributed by atoms with Crippen LogP contribution < -0.4 is 5.32 Å². The fraction of sp³-hybridized carbons (Fsp3) is 0.235. The molecule has 0 aromatic heterocycles. The van der Waals surface area contributed by atoms with Crippen molar-refractivity contribution in [3.05, 3.63) is 71.3 Å². The maximum Gasteiger partial charge on any atom is 0.251 e. The first-order valence-corrected chi connectivity index (χ1v) is 6.81. The Morgan fingerprint density at radius 1 is 1.10 bits per heavy atom. The molecule has 3 nitrogen and oxygen atoms in total. The number of hydrogen-bond donors (Lipinski definition) is 2. The van der Waals surface area contributed by atoms with E-state index in [4.69, 9.17) is 0 Å². The van der Waals surface area contributed by atoms with Crippen LogP contribution in [0.25, 0.3) is 0 Å². The first kappa shape index (κ1) is 14.3. The normalized spacial score (nSPS) is 11.9. The van der Waals surface area contributed by atoms with Crippen molar-refractivity contribution in [2.45, 2.75) is 19.4 Å². The number of aliphatic hydroxyl groups is 1. The van der Waals surface area contributed by atoms with Gasteiger partial charge in [-0.1, -0.05) is 49.4 Å². The minimum Gasteiger partial charge on any atom is -0.387 e. The van der Waals surface area contributed by atoms with E-state index in [-0.39, 0.29) is 12.5 Å². The van der Waals surface area contributed by atoms with Crippen molar-refractivity contribution in [2.24, 2.45) is 0 Å².